The van der Waals surface area contributed by atoms with Crippen molar-refractivity contribution in [3.05, 3.63) is 67.4 Å². The van der Waals surface area contributed by atoms with E-state index < -0.39 is 17.0 Å². The van der Waals surface area contributed by atoms with E-state index in [9.17, 15) is 14.4 Å². The first kappa shape index (κ1) is 18.0. The minimum absolute atomic E-state index is 0.00726. The third-order valence-electron chi connectivity index (χ3n) is 4.94. The summed E-state index contributed by atoms with van der Waals surface area (Å²) in [4.78, 5) is 40.9. The van der Waals surface area contributed by atoms with Crippen LogP contribution in [0.2, 0.25) is 0 Å². The number of rotatable bonds is 4. The molecule has 12 heteroatoms. The first-order chi connectivity index (χ1) is 14.4. The SMILES string of the molecule is Cn1c(=O)c2c(ncn2Cc2nn(Cc3ccc4c(c3)OCO4)c(=O)o2)n(C)c1=O. The molecule has 1 aliphatic rings. The number of hydrogen-bond acceptors (Lipinski definition) is 8. The van der Waals surface area contributed by atoms with Crippen LogP contribution in [0.4, 0.5) is 0 Å². The van der Waals surface area contributed by atoms with E-state index in [1.54, 1.807) is 12.1 Å². The summed E-state index contributed by atoms with van der Waals surface area (Å²) in [5.74, 6) is 0.730. The molecule has 0 aliphatic carbocycles. The molecular formula is C18H16N6O6. The summed E-state index contributed by atoms with van der Waals surface area (Å²) < 4.78 is 20.8. The van der Waals surface area contributed by atoms with Crippen LogP contribution < -0.4 is 26.5 Å². The number of benzene rings is 1. The minimum Gasteiger partial charge on any atom is -0.454 e. The van der Waals surface area contributed by atoms with Crippen LogP contribution in [-0.4, -0.2) is 35.3 Å². The van der Waals surface area contributed by atoms with E-state index in [0.29, 0.717) is 11.5 Å². The molecular weight excluding hydrogens is 396 g/mol. The zero-order chi connectivity index (χ0) is 21.0. The Labute approximate surface area is 167 Å². The lowest BCUT2D eigenvalue weighted by Gasteiger charge is -2.04. The first-order valence-corrected chi connectivity index (χ1v) is 8.98. The van der Waals surface area contributed by atoms with Crippen molar-refractivity contribution in [3.63, 3.8) is 0 Å². The fraction of sp³-hybridized carbons (Fsp3) is 0.278. The van der Waals surface area contributed by atoms with Gasteiger partial charge in [0.25, 0.3) is 5.56 Å². The predicted molar refractivity (Wildman–Crippen MR) is 102 cm³/mol. The summed E-state index contributed by atoms with van der Waals surface area (Å²) in [5.41, 5.74) is 0.279. The maximum absolute atomic E-state index is 12.5. The van der Waals surface area contributed by atoms with Gasteiger partial charge in [-0.1, -0.05) is 6.07 Å². The van der Waals surface area contributed by atoms with E-state index >= 15 is 0 Å². The number of nitrogens with zero attached hydrogens (tertiary/aromatic N) is 6. The van der Waals surface area contributed by atoms with Gasteiger partial charge in [-0.25, -0.2) is 14.6 Å². The molecule has 154 valence electrons. The van der Waals surface area contributed by atoms with Crippen molar-refractivity contribution in [2.45, 2.75) is 13.1 Å². The second kappa shape index (κ2) is 6.47. The highest BCUT2D eigenvalue weighted by atomic mass is 16.7. The molecule has 1 aromatic carbocycles. The Hall–Kier alpha value is -4.09. The maximum Gasteiger partial charge on any atom is 0.437 e. The molecule has 0 saturated carbocycles. The summed E-state index contributed by atoms with van der Waals surface area (Å²) in [6.45, 7) is 0.351. The summed E-state index contributed by atoms with van der Waals surface area (Å²) in [7, 11) is 2.92. The molecule has 0 bridgehead atoms. The Morgan fingerprint density at radius 3 is 2.67 bits per heavy atom. The van der Waals surface area contributed by atoms with Gasteiger partial charge in [-0.3, -0.25) is 13.9 Å². The highest BCUT2D eigenvalue weighted by Crippen LogP contribution is 2.32. The van der Waals surface area contributed by atoms with Gasteiger partial charge in [0, 0.05) is 14.1 Å². The molecule has 4 heterocycles. The van der Waals surface area contributed by atoms with Gasteiger partial charge in [-0.05, 0) is 17.7 Å². The van der Waals surface area contributed by atoms with Crippen molar-refractivity contribution in [1.29, 1.82) is 0 Å². The van der Waals surface area contributed by atoms with Gasteiger partial charge in [0.05, 0.1) is 12.9 Å². The van der Waals surface area contributed by atoms with E-state index in [1.165, 1.54) is 34.2 Å². The van der Waals surface area contributed by atoms with Crippen LogP contribution in [-0.2, 0) is 27.2 Å². The normalized spacial score (nSPS) is 12.7. The molecule has 30 heavy (non-hydrogen) atoms. The Bertz CT molecular complexity index is 1470. The van der Waals surface area contributed by atoms with Gasteiger partial charge in [0.1, 0.15) is 6.54 Å². The Balaban J connectivity index is 1.47. The highest BCUT2D eigenvalue weighted by Gasteiger charge is 2.18. The first-order valence-electron chi connectivity index (χ1n) is 8.98. The second-order valence-electron chi connectivity index (χ2n) is 6.86. The molecule has 0 saturated heterocycles. The third-order valence-corrected chi connectivity index (χ3v) is 4.94. The van der Waals surface area contributed by atoms with E-state index in [0.717, 1.165) is 10.1 Å². The van der Waals surface area contributed by atoms with Crippen molar-refractivity contribution in [2.24, 2.45) is 14.1 Å². The molecule has 0 unspecified atom stereocenters. The Kier molecular flexibility index (Phi) is 3.88. The van der Waals surface area contributed by atoms with Gasteiger partial charge in [0.2, 0.25) is 12.7 Å². The average molecular weight is 412 g/mol. The number of fused-ring (bicyclic) bond motifs is 2. The van der Waals surface area contributed by atoms with Crippen LogP contribution in [0.5, 0.6) is 11.5 Å². The molecule has 12 nitrogen and oxygen atoms in total. The van der Waals surface area contributed by atoms with Gasteiger partial charge >= 0.3 is 11.4 Å². The van der Waals surface area contributed by atoms with Crippen molar-refractivity contribution in [1.82, 2.24) is 28.5 Å². The smallest absolute Gasteiger partial charge is 0.437 e. The zero-order valence-electron chi connectivity index (χ0n) is 16.1. The van der Waals surface area contributed by atoms with Gasteiger partial charge in [0.15, 0.2) is 22.7 Å². The number of aromatic nitrogens is 6. The van der Waals surface area contributed by atoms with Crippen molar-refractivity contribution >= 4 is 11.2 Å². The third kappa shape index (κ3) is 2.72. The quantitative estimate of drug-likeness (QED) is 0.435. The van der Waals surface area contributed by atoms with Crippen LogP contribution in [0.15, 0.2) is 43.3 Å². The zero-order valence-corrected chi connectivity index (χ0v) is 16.1. The van der Waals surface area contributed by atoms with Crippen molar-refractivity contribution in [2.75, 3.05) is 6.79 Å². The van der Waals surface area contributed by atoms with Crippen LogP contribution in [0.3, 0.4) is 0 Å². The molecule has 0 atom stereocenters. The second-order valence-corrected chi connectivity index (χ2v) is 6.86. The molecule has 0 spiro atoms. The van der Waals surface area contributed by atoms with E-state index in [1.807, 2.05) is 6.07 Å². The predicted octanol–water partition coefficient (Wildman–Crippen LogP) is -0.591. The summed E-state index contributed by atoms with van der Waals surface area (Å²) in [6, 6.07) is 5.35. The Morgan fingerprint density at radius 2 is 1.83 bits per heavy atom. The molecule has 0 fully saturated rings. The topological polar surface area (TPSA) is 128 Å². The van der Waals surface area contributed by atoms with Gasteiger partial charge < -0.3 is 18.5 Å². The Morgan fingerprint density at radius 1 is 1.03 bits per heavy atom. The van der Waals surface area contributed by atoms with Crippen molar-refractivity contribution in [3.8, 4) is 11.5 Å². The lowest BCUT2D eigenvalue weighted by Crippen LogP contribution is -2.37. The molecule has 3 aromatic heterocycles. The maximum atomic E-state index is 12.5. The van der Waals surface area contributed by atoms with Gasteiger partial charge in [-0.2, -0.15) is 4.68 Å². The van der Waals surface area contributed by atoms with Crippen molar-refractivity contribution < 1.29 is 13.9 Å². The lowest BCUT2D eigenvalue weighted by molar-refractivity contribution is 0.174. The fourth-order valence-electron chi connectivity index (χ4n) is 3.39. The standard InChI is InChI=1S/C18H16N6O6/c1-21-15-14(16(25)22(2)17(21)26)23(8-19-15)7-13-20-24(18(27)30-13)6-10-3-4-11-12(5-10)29-9-28-11/h3-5,8H,6-7,9H2,1-2H3. The summed E-state index contributed by atoms with van der Waals surface area (Å²) in [6.07, 6.45) is 1.41. The molecule has 4 aromatic rings. The summed E-state index contributed by atoms with van der Waals surface area (Å²) in [5, 5.41) is 4.21. The molecule has 1 aliphatic heterocycles. The monoisotopic (exact) mass is 412 g/mol. The summed E-state index contributed by atoms with van der Waals surface area (Å²) >= 11 is 0. The van der Waals surface area contributed by atoms with E-state index in [2.05, 4.69) is 10.1 Å². The number of ether oxygens (including phenoxy) is 2. The molecule has 0 amide bonds. The fourth-order valence-corrected chi connectivity index (χ4v) is 3.39. The average Bonchev–Trinajstić information content (AvgIpc) is 3.44. The number of aryl methyl sites for hydroxylation is 1. The van der Waals surface area contributed by atoms with Crippen LogP contribution in [0, 0.1) is 0 Å². The molecule has 0 N–H and O–H groups in total. The molecule has 0 radical (unpaired) electrons. The lowest BCUT2D eigenvalue weighted by atomic mass is 10.2. The van der Waals surface area contributed by atoms with E-state index in [4.69, 9.17) is 13.9 Å². The largest absolute Gasteiger partial charge is 0.454 e. The minimum atomic E-state index is -0.632. The van der Waals surface area contributed by atoms with Crippen LogP contribution in [0.1, 0.15) is 11.5 Å². The molecule has 5 rings (SSSR count). The highest BCUT2D eigenvalue weighted by molar-refractivity contribution is 5.70. The van der Waals surface area contributed by atoms with E-state index in [-0.39, 0.29) is 36.9 Å². The number of hydrogen-bond donors (Lipinski definition) is 0. The van der Waals surface area contributed by atoms with Crippen LogP contribution >= 0.6 is 0 Å². The van der Waals surface area contributed by atoms with Crippen LogP contribution in [0.25, 0.3) is 11.2 Å². The number of imidazole rings is 1. The van der Waals surface area contributed by atoms with Gasteiger partial charge in [-0.15, -0.1) is 5.10 Å².